The van der Waals surface area contributed by atoms with Gasteiger partial charge in [-0.25, -0.2) is 9.69 Å². The SMILES string of the molecule is O=C1[C@H]2C3C[C@H](CN3C(=O)C(F)(F)C(F)(F)C(F)(F)F)N2C(=O)N1c1cccc2ccccc12. The van der Waals surface area contributed by atoms with Gasteiger partial charge in [0.2, 0.25) is 0 Å². The van der Waals surface area contributed by atoms with Crippen molar-refractivity contribution in [3.05, 3.63) is 42.5 Å². The number of carbonyl (C=O) groups excluding carboxylic acids is 3. The number of likely N-dealkylation sites (tertiary alicyclic amines) is 1. The predicted molar refractivity (Wildman–Crippen MR) is 102 cm³/mol. The van der Waals surface area contributed by atoms with Gasteiger partial charge in [0.15, 0.2) is 0 Å². The Morgan fingerprint density at radius 3 is 2.24 bits per heavy atom. The fourth-order valence-corrected chi connectivity index (χ4v) is 5.01. The Morgan fingerprint density at radius 2 is 1.56 bits per heavy atom. The van der Waals surface area contributed by atoms with Crippen LogP contribution in [0.3, 0.4) is 0 Å². The van der Waals surface area contributed by atoms with E-state index in [1.165, 1.54) is 6.07 Å². The number of hydrogen-bond donors (Lipinski definition) is 0. The lowest BCUT2D eigenvalue weighted by Gasteiger charge is -2.38. The lowest BCUT2D eigenvalue weighted by atomic mass is 10.0. The highest BCUT2D eigenvalue weighted by molar-refractivity contribution is 6.25. The Morgan fingerprint density at radius 1 is 0.912 bits per heavy atom. The summed E-state index contributed by atoms with van der Waals surface area (Å²) >= 11 is 0. The Labute approximate surface area is 186 Å². The van der Waals surface area contributed by atoms with Crippen molar-refractivity contribution in [2.24, 2.45) is 0 Å². The summed E-state index contributed by atoms with van der Waals surface area (Å²) in [5.74, 6) is -16.3. The number of halogens is 7. The van der Waals surface area contributed by atoms with Crippen LogP contribution < -0.4 is 4.90 Å². The number of urea groups is 1. The van der Waals surface area contributed by atoms with Crippen LogP contribution in [0, 0.1) is 0 Å². The van der Waals surface area contributed by atoms with E-state index in [1.807, 2.05) is 0 Å². The summed E-state index contributed by atoms with van der Waals surface area (Å²) in [5, 5.41) is 1.23. The number of imide groups is 1. The van der Waals surface area contributed by atoms with Gasteiger partial charge in [0.1, 0.15) is 6.04 Å². The van der Waals surface area contributed by atoms with Gasteiger partial charge in [-0.05, 0) is 17.9 Å². The fraction of sp³-hybridized carbons (Fsp3) is 0.381. The first-order chi connectivity index (χ1) is 15.8. The van der Waals surface area contributed by atoms with Crippen molar-refractivity contribution in [1.82, 2.24) is 9.80 Å². The van der Waals surface area contributed by atoms with E-state index < -0.39 is 60.5 Å². The minimum absolute atomic E-state index is 0.170. The summed E-state index contributed by atoms with van der Waals surface area (Å²) in [6.45, 7) is -0.689. The Bertz CT molecular complexity index is 1230. The Balaban J connectivity index is 1.48. The molecule has 3 heterocycles. The molecule has 0 N–H and O–H groups in total. The maximum atomic E-state index is 14.1. The van der Waals surface area contributed by atoms with Crippen molar-refractivity contribution in [3.63, 3.8) is 0 Å². The monoisotopic (exact) mass is 489 g/mol. The molecule has 0 aromatic heterocycles. The van der Waals surface area contributed by atoms with E-state index in [2.05, 4.69) is 0 Å². The first-order valence-corrected chi connectivity index (χ1v) is 10.1. The van der Waals surface area contributed by atoms with Crippen LogP contribution in [0.4, 0.5) is 41.2 Å². The zero-order valence-corrected chi connectivity index (χ0v) is 16.9. The predicted octanol–water partition coefficient (Wildman–Crippen LogP) is 3.79. The molecule has 1 unspecified atom stereocenters. The number of anilines is 1. The molecular weight excluding hydrogens is 475 g/mol. The molecule has 5 rings (SSSR count). The van der Waals surface area contributed by atoms with Crippen LogP contribution in [0.2, 0.25) is 0 Å². The number of fused-ring (bicyclic) bond motifs is 6. The highest BCUT2D eigenvalue weighted by Gasteiger charge is 2.78. The summed E-state index contributed by atoms with van der Waals surface area (Å²) < 4.78 is 92.6. The van der Waals surface area contributed by atoms with E-state index in [9.17, 15) is 45.1 Å². The van der Waals surface area contributed by atoms with Gasteiger partial charge in [-0.2, -0.15) is 30.7 Å². The molecule has 3 aliphatic heterocycles. The molecule has 3 aliphatic rings. The Kier molecular flexibility index (Phi) is 4.50. The maximum Gasteiger partial charge on any atom is 0.460 e. The molecule has 0 radical (unpaired) electrons. The molecule has 0 saturated carbocycles. The van der Waals surface area contributed by atoms with Crippen molar-refractivity contribution in [3.8, 4) is 0 Å². The van der Waals surface area contributed by atoms with Crippen molar-refractivity contribution >= 4 is 34.3 Å². The Hall–Kier alpha value is -3.38. The summed E-state index contributed by atoms with van der Waals surface area (Å²) in [4.78, 5) is 40.6. The third-order valence-electron chi connectivity index (χ3n) is 6.55. The molecule has 3 saturated heterocycles. The smallest absolute Gasteiger partial charge is 0.330 e. The van der Waals surface area contributed by atoms with Crippen molar-refractivity contribution in [2.45, 2.75) is 42.6 Å². The van der Waals surface area contributed by atoms with Gasteiger partial charge in [0.05, 0.1) is 17.8 Å². The number of rotatable bonds is 3. The van der Waals surface area contributed by atoms with Gasteiger partial charge < -0.3 is 9.80 Å². The van der Waals surface area contributed by atoms with Gasteiger partial charge in [-0.3, -0.25) is 9.59 Å². The number of nitrogens with zero attached hydrogens (tertiary/aromatic N) is 3. The van der Waals surface area contributed by atoms with Crippen LogP contribution in [0.5, 0.6) is 0 Å². The van der Waals surface area contributed by atoms with Gasteiger partial charge in [0, 0.05) is 11.9 Å². The standard InChI is InChI=1S/C21H14F7N3O3/c22-19(23,20(24,25)21(26,27)28)17(33)29-9-11-8-14(29)15-16(32)31(18(34)30(11)15)13-7-3-5-10-4-1-2-6-12(10)13/h1-7,11,14-15H,8-9H2/t11-,14?,15-/m1/s1. The topological polar surface area (TPSA) is 60.9 Å². The quantitative estimate of drug-likeness (QED) is 0.487. The fourth-order valence-electron chi connectivity index (χ4n) is 5.01. The molecule has 2 bridgehead atoms. The molecule has 13 heteroatoms. The van der Waals surface area contributed by atoms with Gasteiger partial charge in [-0.15, -0.1) is 0 Å². The van der Waals surface area contributed by atoms with E-state index in [0.29, 0.717) is 10.8 Å². The average Bonchev–Trinajstić information content (AvgIpc) is 3.43. The summed E-state index contributed by atoms with van der Waals surface area (Å²) in [6.07, 6.45) is -6.85. The zero-order chi connectivity index (χ0) is 24.8. The molecule has 0 spiro atoms. The molecule has 4 amide bonds. The molecule has 3 atom stereocenters. The largest absolute Gasteiger partial charge is 0.460 e. The van der Waals surface area contributed by atoms with E-state index >= 15 is 0 Å². The number of alkyl halides is 7. The van der Waals surface area contributed by atoms with Crippen LogP contribution in [0.15, 0.2) is 42.5 Å². The second-order valence-electron chi connectivity index (χ2n) is 8.37. The number of amides is 4. The second-order valence-corrected chi connectivity index (χ2v) is 8.37. The van der Waals surface area contributed by atoms with Gasteiger partial charge in [0.25, 0.3) is 11.8 Å². The normalized spacial score (nSPS) is 25.0. The van der Waals surface area contributed by atoms with Crippen LogP contribution in [0.1, 0.15) is 6.42 Å². The van der Waals surface area contributed by atoms with Crippen LogP contribution in [0.25, 0.3) is 10.8 Å². The lowest BCUT2D eigenvalue weighted by molar-refractivity contribution is -0.346. The minimum atomic E-state index is -6.67. The molecule has 6 nitrogen and oxygen atoms in total. The van der Waals surface area contributed by atoms with E-state index in [4.69, 9.17) is 0 Å². The minimum Gasteiger partial charge on any atom is -0.330 e. The van der Waals surface area contributed by atoms with Gasteiger partial charge >= 0.3 is 24.1 Å². The molecular formula is C21H14F7N3O3. The first kappa shape index (κ1) is 22.4. The summed E-state index contributed by atoms with van der Waals surface area (Å²) in [6, 6.07) is 6.92. The average molecular weight is 489 g/mol. The summed E-state index contributed by atoms with van der Waals surface area (Å²) in [7, 11) is 0. The maximum absolute atomic E-state index is 14.1. The molecule has 0 aliphatic carbocycles. The van der Waals surface area contributed by atoms with E-state index in [-0.39, 0.29) is 17.0 Å². The third kappa shape index (κ3) is 2.72. The zero-order valence-electron chi connectivity index (χ0n) is 16.9. The highest BCUT2D eigenvalue weighted by atomic mass is 19.4. The number of piperazine rings is 1. The molecule has 34 heavy (non-hydrogen) atoms. The van der Waals surface area contributed by atoms with Crippen LogP contribution >= 0.6 is 0 Å². The highest BCUT2D eigenvalue weighted by Crippen LogP contribution is 2.50. The van der Waals surface area contributed by atoms with Crippen LogP contribution in [-0.2, 0) is 9.59 Å². The van der Waals surface area contributed by atoms with Crippen LogP contribution in [-0.4, -0.2) is 70.3 Å². The second kappa shape index (κ2) is 6.83. The van der Waals surface area contributed by atoms with Crippen molar-refractivity contribution < 1.29 is 45.1 Å². The lowest BCUT2D eigenvalue weighted by Crippen LogP contribution is -2.64. The van der Waals surface area contributed by atoms with E-state index in [0.717, 1.165) is 9.80 Å². The van der Waals surface area contributed by atoms with E-state index in [1.54, 1.807) is 36.4 Å². The number of carbonyl (C=O) groups is 3. The molecule has 3 fully saturated rings. The van der Waals surface area contributed by atoms with Crippen molar-refractivity contribution in [2.75, 3.05) is 11.4 Å². The molecule has 2 aromatic carbocycles. The molecule has 2 aromatic rings. The number of hydrogen-bond acceptors (Lipinski definition) is 3. The number of benzene rings is 2. The van der Waals surface area contributed by atoms with Gasteiger partial charge in [-0.1, -0.05) is 36.4 Å². The molecule has 180 valence electrons. The first-order valence-electron chi connectivity index (χ1n) is 10.1. The summed E-state index contributed by atoms with van der Waals surface area (Å²) in [5.41, 5.74) is 0.203. The third-order valence-corrected chi connectivity index (χ3v) is 6.55. The van der Waals surface area contributed by atoms with Crippen molar-refractivity contribution in [1.29, 1.82) is 0 Å².